The number of methoxy groups -OCH3 is 6. The first kappa shape index (κ1) is 52.3. The number of nitrogens with two attached hydrogens (primary N) is 2. The van der Waals surface area contributed by atoms with Crippen LogP contribution in [0.1, 0.15) is 67.2 Å². The fraction of sp³-hybridized carbons (Fsp3) is 0.480. The second-order valence-corrected chi connectivity index (χ2v) is 16.3. The van der Waals surface area contributed by atoms with Gasteiger partial charge in [0.2, 0.25) is 11.5 Å². The average molecular weight is 937 g/mol. The average Bonchev–Trinajstić information content (AvgIpc) is 3.35. The zero-order valence-electron chi connectivity index (χ0n) is 42.0. The molecule has 6 N–H and O–H groups in total. The van der Waals surface area contributed by atoms with Crippen LogP contribution in [0.15, 0.2) is 48.8 Å². The normalized spacial score (nSPS) is 12.1. The van der Waals surface area contributed by atoms with Gasteiger partial charge in [-0.15, -0.1) is 0 Å². The van der Waals surface area contributed by atoms with Crippen LogP contribution in [-0.2, 0) is 0 Å². The van der Waals surface area contributed by atoms with Crippen molar-refractivity contribution < 1.29 is 28.4 Å². The van der Waals surface area contributed by atoms with Crippen LogP contribution in [0.4, 0.5) is 23.0 Å². The Labute approximate surface area is 401 Å². The third-order valence-corrected chi connectivity index (χ3v) is 11.8. The van der Waals surface area contributed by atoms with Gasteiger partial charge in [-0.3, -0.25) is 0 Å². The van der Waals surface area contributed by atoms with Gasteiger partial charge in [0.05, 0.1) is 77.8 Å². The number of fused-ring (bicyclic) bond motifs is 2. The van der Waals surface area contributed by atoms with E-state index in [4.69, 9.17) is 49.9 Å². The molecule has 68 heavy (non-hydrogen) atoms. The van der Waals surface area contributed by atoms with Gasteiger partial charge in [0.15, 0.2) is 34.3 Å². The number of aromatic nitrogens is 6. The number of hydrogen-bond acceptors (Lipinski definition) is 18. The van der Waals surface area contributed by atoms with E-state index >= 15 is 0 Å². The number of benzene rings is 2. The summed E-state index contributed by atoms with van der Waals surface area (Å²) in [5, 5.41) is 7.12. The van der Waals surface area contributed by atoms with Crippen LogP contribution in [0, 0.1) is 0 Å². The molecule has 18 heteroatoms. The van der Waals surface area contributed by atoms with Crippen LogP contribution in [0.25, 0.3) is 44.8 Å². The quantitative estimate of drug-likeness (QED) is 0.0448. The van der Waals surface area contributed by atoms with E-state index in [0.29, 0.717) is 79.8 Å². The monoisotopic (exact) mass is 937 g/mol. The zero-order valence-corrected chi connectivity index (χ0v) is 42.0. The van der Waals surface area contributed by atoms with Gasteiger partial charge in [0.25, 0.3) is 0 Å². The van der Waals surface area contributed by atoms with E-state index in [1.165, 1.54) is 0 Å². The van der Waals surface area contributed by atoms with Crippen LogP contribution in [0.2, 0.25) is 0 Å². The number of nitrogen functional groups attached to an aromatic ring is 2. The molecule has 2 atom stereocenters. The number of rotatable bonds is 24. The van der Waals surface area contributed by atoms with Crippen molar-refractivity contribution >= 4 is 45.3 Å². The van der Waals surface area contributed by atoms with Crippen molar-refractivity contribution in [1.29, 1.82) is 0 Å². The highest BCUT2D eigenvalue weighted by molar-refractivity contribution is 5.89. The third-order valence-electron chi connectivity index (χ3n) is 11.8. The number of nitrogens with one attached hydrogen (secondary N) is 2. The number of ether oxygens (including phenoxy) is 6. The third kappa shape index (κ3) is 13.3. The fourth-order valence-electron chi connectivity index (χ4n) is 7.99. The molecule has 18 nitrogen and oxygen atoms in total. The minimum atomic E-state index is 0.243. The Hall–Kier alpha value is -6.66. The van der Waals surface area contributed by atoms with Gasteiger partial charge < -0.3 is 60.3 Å². The Morgan fingerprint density at radius 3 is 1.31 bits per heavy atom. The summed E-state index contributed by atoms with van der Waals surface area (Å²) in [7, 11) is 9.48. The number of nitrogens with zero attached hydrogens (tertiary/aromatic N) is 8. The Morgan fingerprint density at radius 2 is 0.897 bits per heavy atom. The topological polar surface area (TPSA) is 215 Å². The summed E-state index contributed by atoms with van der Waals surface area (Å²) in [6, 6.07) is 11.5. The molecule has 0 fully saturated rings. The molecule has 0 aliphatic rings. The first-order valence-electron chi connectivity index (χ1n) is 23.3. The molecule has 368 valence electrons. The predicted octanol–water partition coefficient (Wildman–Crippen LogP) is 8.44. The van der Waals surface area contributed by atoms with E-state index in [-0.39, 0.29) is 12.1 Å². The van der Waals surface area contributed by atoms with Crippen LogP contribution >= 0.6 is 0 Å². The summed E-state index contributed by atoms with van der Waals surface area (Å²) < 4.78 is 32.8. The molecule has 2 unspecified atom stereocenters. The molecule has 0 bridgehead atoms. The van der Waals surface area contributed by atoms with Gasteiger partial charge >= 0.3 is 0 Å². The first-order chi connectivity index (χ1) is 32.9. The molecule has 0 amide bonds. The summed E-state index contributed by atoms with van der Waals surface area (Å²) in [6.45, 7) is 19.6. The summed E-state index contributed by atoms with van der Waals surface area (Å²) in [6.07, 6.45) is 7.68. The minimum absolute atomic E-state index is 0.243. The van der Waals surface area contributed by atoms with Crippen LogP contribution in [-0.4, -0.2) is 134 Å². The van der Waals surface area contributed by atoms with E-state index in [0.717, 1.165) is 87.5 Å². The summed E-state index contributed by atoms with van der Waals surface area (Å²) in [5.74, 6) is 4.02. The molecule has 0 saturated carbocycles. The van der Waals surface area contributed by atoms with Crippen LogP contribution in [0.3, 0.4) is 0 Å². The Kier molecular flexibility index (Phi) is 19.6. The smallest absolute Gasteiger partial charge is 0.203 e. The Morgan fingerprint density at radius 1 is 0.500 bits per heavy atom. The molecule has 2 aromatic carbocycles. The zero-order chi connectivity index (χ0) is 49.3. The highest BCUT2D eigenvalue weighted by Crippen LogP contribution is 2.42. The van der Waals surface area contributed by atoms with E-state index in [2.05, 4.69) is 81.9 Å². The molecule has 6 aromatic rings. The van der Waals surface area contributed by atoms with Crippen molar-refractivity contribution in [1.82, 2.24) is 39.7 Å². The number of hydrogen-bond donors (Lipinski definition) is 4. The molecule has 0 saturated heterocycles. The van der Waals surface area contributed by atoms with Gasteiger partial charge in [-0.25, -0.2) is 29.9 Å². The van der Waals surface area contributed by atoms with Crippen molar-refractivity contribution in [3.05, 3.63) is 48.8 Å². The van der Waals surface area contributed by atoms with Crippen molar-refractivity contribution in [3.8, 4) is 57.0 Å². The second-order valence-electron chi connectivity index (χ2n) is 16.3. The van der Waals surface area contributed by atoms with E-state index in [9.17, 15) is 0 Å². The number of pyridine rings is 2. The maximum Gasteiger partial charge on any atom is 0.203 e. The Balaban J connectivity index is 0.000000254. The van der Waals surface area contributed by atoms with Gasteiger partial charge in [-0.05, 0) is 103 Å². The van der Waals surface area contributed by atoms with Gasteiger partial charge in [-0.1, -0.05) is 27.7 Å². The second kappa shape index (κ2) is 25.5. The Bertz CT molecular complexity index is 2510. The van der Waals surface area contributed by atoms with E-state index < -0.39 is 0 Å². The summed E-state index contributed by atoms with van der Waals surface area (Å²) in [5.41, 5.74) is 19.0. The predicted molar refractivity (Wildman–Crippen MR) is 274 cm³/mol. The van der Waals surface area contributed by atoms with Crippen molar-refractivity contribution in [2.45, 2.75) is 79.3 Å². The van der Waals surface area contributed by atoms with Crippen LogP contribution in [0.5, 0.6) is 34.5 Å². The summed E-state index contributed by atoms with van der Waals surface area (Å²) in [4.78, 5) is 32.5. The van der Waals surface area contributed by atoms with Gasteiger partial charge in [0, 0.05) is 35.3 Å². The molecule has 0 aliphatic heterocycles. The molecule has 4 heterocycles. The highest BCUT2D eigenvalue weighted by Gasteiger charge is 2.19. The van der Waals surface area contributed by atoms with Crippen molar-refractivity contribution in [2.75, 3.05) is 104 Å². The lowest BCUT2D eigenvalue weighted by atomic mass is 10.1. The minimum Gasteiger partial charge on any atom is -0.493 e. The van der Waals surface area contributed by atoms with Gasteiger partial charge in [0.1, 0.15) is 22.7 Å². The van der Waals surface area contributed by atoms with Gasteiger partial charge in [-0.2, -0.15) is 0 Å². The first-order valence-corrected chi connectivity index (χ1v) is 23.3. The number of anilines is 4. The molecule has 0 aliphatic carbocycles. The van der Waals surface area contributed by atoms with Crippen molar-refractivity contribution in [3.63, 3.8) is 0 Å². The largest absolute Gasteiger partial charge is 0.493 e. The maximum atomic E-state index is 6.11. The lowest BCUT2D eigenvalue weighted by Gasteiger charge is -2.20. The molecule has 0 spiro atoms. The molecule has 4 aromatic heterocycles. The molecule has 6 rings (SSSR count). The van der Waals surface area contributed by atoms with Crippen LogP contribution < -0.4 is 50.5 Å². The van der Waals surface area contributed by atoms with Crippen molar-refractivity contribution in [2.24, 2.45) is 0 Å². The van der Waals surface area contributed by atoms with E-state index in [1.54, 1.807) is 55.1 Å². The van der Waals surface area contributed by atoms with E-state index in [1.807, 2.05) is 36.4 Å². The molecular formula is C50H72N12O6. The standard InChI is InChI=1S/2C25H36N6O3/c1-7-31(8-2)11-9-10-16(3)28-18-14-22(26)30-25-23(18)29-19(15-27-25)17-12-20(32-4)24(34-6)21(13-17)33-5;1-7-31(8-2)11-9-10-16(3)28-18-14-22(26)30-25-23(18)27-15-19(29-25)17-12-20(32-4)24(34-6)21(13-17)33-5/h12-16H,7-11H2,1-6H3,(H3,26,27,28,30);12-16H,7-11H2,1-6H3,(H3,26,28,29,30). The molecular weight excluding hydrogens is 865 g/mol. The highest BCUT2D eigenvalue weighted by atomic mass is 16.5. The fourth-order valence-corrected chi connectivity index (χ4v) is 7.99. The maximum absolute atomic E-state index is 6.11. The summed E-state index contributed by atoms with van der Waals surface area (Å²) >= 11 is 0. The lowest BCUT2D eigenvalue weighted by molar-refractivity contribution is 0.295. The molecule has 0 radical (unpaired) electrons. The lowest BCUT2D eigenvalue weighted by Crippen LogP contribution is -2.25. The SMILES string of the molecule is CCN(CC)CCCC(C)Nc1cc(N)nc2nc(-c3cc(OC)c(OC)c(OC)c3)cnc12.CCN(CC)CCCC(C)Nc1cc(N)nc2ncc(-c3cc(OC)c(OC)c(OC)c3)nc12.